The van der Waals surface area contributed by atoms with E-state index in [-0.39, 0.29) is 11.6 Å². The first kappa shape index (κ1) is 14.4. The number of halogens is 1. The van der Waals surface area contributed by atoms with E-state index in [4.69, 9.17) is 0 Å². The number of nitrogens with one attached hydrogen (secondary N) is 2. The molecule has 6 heteroatoms. The van der Waals surface area contributed by atoms with Gasteiger partial charge < -0.3 is 5.32 Å². The molecule has 0 radical (unpaired) electrons. The normalized spacial score (nSPS) is 23.1. The summed E-state index contributed by atoms with van der Waals surface area (Å²) in [7, 11) is -1.70. The Morgan fingerprint density at radius 2 is 1.89 bits per heavy atom. The molecule has 1 aliphatic carbocycles. The van der Waals surface area contributed by atoms with Gasteiger partial charge in [-0.3, -0.25) is 0 Å². The third kappa shape index (κ3) is 3.99. The maximum Gasteiger partial charge on any atom is 0.212 e. The van der Waals surface area contributed by atoms with Crippen LogP contribution in [0.2, 0.25) is 0 Å². The first-order valence-electron chi connectivity index (χ1n) is 6.40. The Bertz CT molecular complexity index is 510. The van der Waals surface area contributed by atoms with Crippen LogP contribution >= 0.6 is 0 Å². The lowest BCUT2D eigenvalue weighted by atomic mass is 9.76. The SMILES string of the molecule is CNS(=O)(=O)CCNC1CC(c2ccc(F)cc2)C1. The summed E-state index contributed by atoms with van der Waals surface area (Å²) in [6.45, 7) is 0.462. The third-order valence-electron chi connectivity index (χ3n) is 3.59. The molecule has 2 N–H and O–H groups in total. The Morgan fingerprint density at radius 3 is 2.47 bits per heavy atom. The fraction of sp³-hybridized carbons (Fsp3) is 0.538. The molecule has 1 aromatic rings. The molecule has 19 heavy (non-hydrogen) atoms. The predicted octanol–water partition coefficient (Wildman–Crippen LogP) is 1.21. The van der Waals surface area contributed by atoms with Gasteiger partial charge >= 0.3 is 0 Å². The van der Waals surface area contributed by atoms with E-state index in [1.54, 1.807) is 0 Å². The monoisotopic (exact) mass is 286 g/mol. The van der Waals surface area contributed by atoms with Crippen LogP contribution in [0.15, 0.2) is 24.3 Å². The lowest BCUT2D eigenvalue weighted by molar-refractivity contribution is 0.296. The quantitative estimate of drug-likeness (QED) is 0.826. The molecule has 0 bridgehead atoms. The van der Waals surface area contributed by atoms with E-state index in [9.17, 15) is 12.8 Å². The van der Waals surface area contributed by atoms with E-state index < -0.39 is 10.0 Å². The summed E-state index contributed by atoms with van der Waals surface area (Å²) in [6.07, 6.45) is 1.95. The molecule has 0 atom stereocenters. The van der Waals surface area contributed by atoms with Gasteiger partial charge in [-0.1, -0.05) is 12.1 Å². The Kier molecular flexibility index (Phi) is 4.54. The van der Waals surface area contributed by atoms with E-state index in [2.05, 4.69) is 10.0 Å². The standard InChI is InChI=1S/C13H19FN2O2S/c1-15-19(17,18)7-6-16-13-8-11(9-13)10-2-4-12(14)5-3-10/h2-5,11,13,15-16H,6-9H2,1H3. The molecule has 0 heterocycles. The molecule has 1 aliphatic rings. The average molecular weight is 286 g/mol. The zero-order valence-corrected chi connectivity index (χ0v) is 11.7. The van der Waals surface area contributed by atoms with Gasteiger partial charge in [0.15, 0.2) is 0 Å². The summed E-state index contributed by atoms with van der Waals surface area (Å²) >= 11 is 0. The van der Waals surface area contributed by atoms with E-state index in [1.807, 2.05) is 12.1 Å². The van der Waals surface area contributed by atoms with Gasteiger partial charge in [0.05, 0.1) is 5.75 Å². The Balaban J connectivity index is 1.71. The summed E-state index contributed by atoms with van der Waals surface area (Å²) in [5.41, 5.74) is 1.15. The van der Waals surface area contributed by atoms with E-state index >= 15 is 0 Å². The maximum absolute atomic E-state index is 12.8. The summed E-state index contributed by atoms with van der Waals surface area (Å²) in [6, 6.07) is 6.97. The molecular weight excluding hydrogens is 267 g/mol. The van der Waals surface area contributed by atoms with Crippen LogP contribution in [0.3, 0.4) is 0 Å². The Labute approximate surface area is 113 Å². The van der Waals surface area contributed by atoms with Crippen LogP contribution in [0, 0.1) is 5.82 Å². The summed E-state index contributed by atoms with van der Waals surface area (Å²) in [5, 5.41) is 3.23. The van der Waals surface area contributed by atoms with Gasteiger partial charge in [0.1, 0.15) is 5.82 Å². The second-order valence-electron chi connectivity index (χ2n) is 4.89. The number of sulfonamides is 1. The highest BCUT2D eigenvalue weighted by Gasteiger charge is 2.29. The molecule has 0 spiro atoms. The number of hydrogen-bond acceptors (Lipinski definition) is 3. The molecule has 0 saturated heterocycles. The van der Waals surface area contributed by atoms with E-state index in [1.165, 1.54) is 19.2 Å². The molecule has 0 unspecified atom stereocenters. The maximum atomic E-state index is 12.8. The second-order valence-corrected chi connectivity index (χ2v) is 6.94. The molecule has 1 fully saturated rings. The number of benzene rings is 1. The van der Waals surface area contributed by atoms with Crippen LogP contribution in [0.5, 0.6) is 0 Å². The molecule has 4 nitrogen and oxygen atoms in total. The topological polar surface area (TPSA) is 58.2 Å². The van der Waals surface area contributed by atoms with Gasteiger partial charge in [-0.15, -0.1) is 0 Å². The van der Waals surface area contributed by atoms with Crippen molar-refractivity contribution in [2.45, 2.75) is 24.8 Å². The minimum atomic E-state index is -3.12. The number of rotatable bonds is 6. The summed E-state index contributed by atoms with van der Waals surface area (Å²) in [5.74, 6) is 0.343. The van der Waals surface area contributed by atoms with Crippen molar-refractivity contribution in [3.63, 3.8) is 0 Å². The van der Waals surface area contributed by atoms with Crippen LogP contribution in [0.4, 0.5) is 4.39 Å². The Hall–Kier alpha value is -0.980. The second kappa shape index (κ2) is 5.98. The lowest BCUT2D eigenvalue weighted by Crippen LogP contribution is -2.42. The van der Waals surface area contributed by atoms with Crippen molar-refractivity contribution in [3.8, 4) is 0 Å². The largest absolute Gasteiger partial charge is 0.313 e. The molecule has 0 aliphatic heterocycles. The molecule has 2 rings (SSSR count). The first-order valence-corrected chi connectivity index (χ1v) is 8.05. The van der Waals surface area contributed by atoms with Gasteiger partial charge in [-0.2, -0.15) is 0 Å². The van der Waals surface area contributed by atoms with Crippen molar-refractivity contribution in [2.75, 3.05) is 19.3 Å². The highest BCUT2D eigenvalue weighted by Crippen LogP contribution is 2.36. The fourth-order valence-electron chi connectivity index (χ4n) is 2.29. The molecule has 1 saturated carbocycles. The smallest absolute Gasteiger partial charge is 0.212 e. The van der Waals surface area contributed by atoms with Crippen molar-refractivity contribution in [1.29, 1.82) is 0 Å². The Morgan fingerprint density at radius 1 is 1.26 bits per heavy atom. The highest BCUT2D eigenvalue weighted by molar-refractivity contribution is 7.89. The summed E-state index contributed by atoms with van der Waals surface area (Å²) < 4.78 is 37.5. The minimum Gasteiger partial charge on any atom is -0.313 e. The molecular formula is C13H19FN2O2S. The lowest BCUT2D eigenvalue weighted by Gasteiger charge is -2.36. The first-order chi connectivity index (χ1) is 9.00. The predicted molar refractivity (Wildman–Crippen MR) is 73.0 cm³/mol. The van der Waals surface area contributed by atoms with Crippen molar-refractivity contribution in [2.24, 2.45) is 0 Å². The zero-order chi connectivity index (χ0) is 13.9. The van der Waals surface area contributed by atoms with Crippen LogP contribution < -0.4 is 10.0 Å². The van der Waals surface area contributed by atoms with E-state index in [0.29, 0.717) is 18.5 Å². The van der Waals surface area contributed by atoms with Gasteiger partial charge in [-0.25, -0.2) is 17.5 Å². The van der Waals surface area contributed by atoms with Crippen molar-refractivity contribution in [1.82, 2.24) is 10.0 Å². The number of hydrogen-bond donors (Lipinski definition) is 2. The van der Waals surface area contributed by atoms with Crippen molar-refractivity contribution < 1.29 is 12.8 Å². The molecule has 0 amide bonds. The molecule has 106 valence electrons. The van der Waals surface area contributed by atoms with E-state index in [0.717, 1.165) is 18.4 Å². The van der Waals surface area contributed by atoms with Gasteiger partial charge in [0.2, 0.25) is 10.0 Å². The minimum absolute atomic E-state index is 0.0984. The van der Waals surface area contributed by atoms with Crippen LogP contribution in [0.1, 0.15) is 24.3 Å². The van der Waals surface area contributed by atoms with Crippen LogP contribution in [-0.2, 0) is 10.0 Å². The van der Waals surface area contributed by atoms with Gasteiger partial charge in [0, 0.05) is 12.6 Å². The third-order valence-corrected chi connectivity index (χ3v) is 4.96. The van der Waals surface area contributed by atoms with Gasteiger partial charge in [0.25, 0.3) is 0 Å². The van der Waals surface area contributed by atoms with Crippen LogP contribution in [-0.4, -0.2) is 33.8 Å². The molecule has 0 aromatic heterocycles. The van der Waals surface area contributed by atoms with Gasteiger partial charge in [-0.05, 0) is 43.5 Å². The fourth-order valence-corrected chi connectivity index (χ4v) is 2.88. The van der Waals surface area contributed by atoms with Crippen molar-refractivity contribution >= 4 is 10.0 Å². The van der Waals surface area contributed by atoms with Crippen molar-refractivity contribution in [3.05, 3.63) is 35.6 Å². The van der Waals surface area contributed by atoms with Crippen LogP contribution in [0.25, 0.3) is 0 Å². The summed E-state index contributed by atoms with van der Waals surface area (Å²) in [4.78, 5) is 0. The highest BCUT2D eigenvalue weighted by atomic mass is 32.2. The molecule has 1 aromatic carbocycles. The average Bonchev–Trinajstić information content (AvgIpc) is 2.34. The zero-order valence-electron chi connectivity index (χ0n) is 10.9.